The summed E-state index contributed by atoms with van der Waals surface area (Å²) in [4.78, 5) is 12.6. The normalized spacial score (nSPS) is 14.2. The maximum Gasteiger partial charge on any atom is 0.269 e. The molecule has 1 aromatic rings. The third-order valence-corrected chi connectivity index (χ3v) is 4.24. The van der Waals surface area contributed by atoms with Crippen molar-refractivity contribution in [2.75, 3.05) is 6.61 Å². The lowest BCUT2D eigenvalue weighted by molar-refractivity contribution is 0.0871. The number of rotatable bonds is 8. The second kappa shape index (κ2) is 7.59. The van der Waals surface area contributed by atoms with Gasteiger partial charge in [-0.05, 0) is 45.6 Å². The van der Waals surface area contributed by atoms with E-state index in [1.54, 1.807) is 0 Å². The summed E-state index contributed by atoms with van der Waals surface area (Å²) in [7, 11) is 0. The van der Waals surface area contributed by atoms with Gasteiger partial charge in [-0.3, -0.25) is 9.48 Å². The van der Waals surface area contributed by atoms with Crippen molar-refractivity contribution in [3.05, 3.63) is 17.5 Å². The molecule has 1 amide bonds. The minimum absolute atomic E-state index is 0.0649. The molecule has 0 saturated carbocycles. The average Bonchev–Trinajstić information content (AvgIpc) is 2.82. The van der Waals surface area contributed by atoms with E-state index in [1.165, 1.54) is 0 Å². The van der Waals surface area contributed by atoms with Gasteiger partial charge < -0.3 is 10.4 Å². The van der Waals surface area contributed by atoms with Crippen molar-refractivity contribution in [3.8, 4) is 0 Å². The lowest BCUT2D eigenvalue weighted by Gasteiger charge is -2.29. The fourth-order valence-electron chi connectivity index (χ4n) is 2.51. The van der Waals surface area contributed by atoms with Crippen LogP contribution >= 0.6 is 0 Å². The third kappa shape index (κ3) is 4.30. The highest BCUT2D eigenvalue weighted by atomic mass is 16.3. The van der Waals surface area contributed by atoms with Crippen LogP contribution in [0.2, 0.25) is 0 Å². The molecule has 1 unspecified atom stereocenters. The van der Waals surface area contributed by atoms with Crippen LogP contribution in [0.5, 0.6) is 0 Å². The standard InChI is InChI=1S/C16H29N3O2/c1-6-13(7-2)19-14(11-12(4)18-19)15(21)17-16(5,8-3)9-10-20/h11,13,20H,6-10H2,1-5H3,(H,17,21). The molecule has 5 heteroatoms. The monoisotopic (exact) mass is 295 g/mol. The van der Waals surface area contributed by atoms with Crippen LogP contribution in [0.3, 0.4) is 0 Å². The number of nitrogens with one attached hydrogen (secondary N) is 1. The minimum atomic E-state index is -0.386. The highest BCUT2D eigenvalue weighted by Crippen LogP contribution is 2.20. The van der Waals surface area contributed by atoms with Crippen molar-refractivity contribution in [3.63, 3.8) is 0 Å². The van der Waals surface area contributed by atoms with Crippen LogP contribution in [0.25, 0.3) is 0 Å². The molecular weight excluding hydrogens is 266 g/mol. The Balaban J connectivity index is 3.02. The molecule has 0 aromatic carbocycles. The van der Waals surface area contributed by atoms with Crippen molar-refractivity contribution < 1.29 is 9.90 Å². The summed E-state index contributed by atoms with van der Waals surface area (Å²) in [6.45, 7) is 10.2. The van der Waals surface area contributed by atoms with Gasteiger partial charge in [-0.15, -0.1) is 0 Å². The van der Waals surface area contributed by atoms with Crippen LogP contribution in [-0.4, -0.2) is 32.9 Å². The van der Waals surface area contributed by atoms with E-state index in [0.717, 1.165) is 25.0 Å². The SMILES string of the molecule is CCC(CC)n1nc(C)cc1C(=O)NC(C)(CC)CCO. The van der Waals surface area contributed by atoms with Gasteiger partial charge in [0.05, 0.1) is 11.7 Å². The smallest absolute Gasteiger partial charge is 0.269 e. The van der Waals surface area contributed by atoms with Gasteiger partial charge in [-0.25, -0.2) is 0 Å². The number of aliphatic hydroxyl groups is 1. The molecule has 0 bridgehead atoms. The zero-order valence-electron chi connectivity index (χ0n) is 13.9. The molecule has 1 heterocycles. The van der Waals surface area contributed by atoms with Crippen LogP contribution in [0.1, 0.15) is 75.6 Å². The lowest BCUT2D eigenvalue weighted by atomic mass is 9.94. The Morgan fingerprint density at radius 1 is 1.43 bits per heavy atom. The second-order valence-electron chi connectivity index (χ2n) is 5.93. The molecule has 5 nitrogen and oxygen atoms in total. The van der Waals surface area contributed by atoms with Gasteiger partial charge >= 0.3 is 0 Å². The molecule has 120 valence electrons. The Morgan fingerprint density at radius 3 is 2.52 bits per heavy atom. The van der Waals surface area contributed by atoms with Gasteiger partial charge in [0.25, 0.3) is 5.91 Å². The Hall–Kier alpha value is -1.36. The Kier molecular flexibility index (Phi) is 6.40. The van der Waals surface area contributed by atoms with Crippen LogP contribution in [0.4, 0.5) is 0 Å². The predicted molar refractivity (Wildman–Crippen MR) is 84.4 cm³/mol. The number of aromatic nitrogens is 2. The first-order valence-corrected chi connectivity index (χ1v) is 7.90. The molecule has 21 heavy (non-hydrogen) atoms. The van der Waals surface area contributed by atoms with Crippen molar-refractivity contribution >= 4 is 5.91 Å². The van der Waals surface area contributed by atoms with E-state index >= 15 is 0 Å². The van der Waals surface area contributed by atoms with E-state index in [1.807, 2.05) is 31.5 Å². The summed E-state index contributed by atoms with van der Waals surface area (Å²) in [6.07, 6.45) is 3.21. The van der Waals surface area contributed by atoms with Gasteiger partial charge in [-0.2, -0.15) is 5.10 Å². The van der Waals surface area contributed by atoms with Crippen molar-refractivity contribution in [1.29, 1.82) is 0 Å². The molecular formula is C16H29N3O2. The summed E-state index contributed by atoms with van der Waals surface area (Å²) < 4.78 is 1.85. The van der Waals surface area contributed by atoms with Gasteiger partial charge in [0.1, 0.15) is 5.69 Å². The molecule has 0 aliphatic heterocycles. The van der Waals surface area contributed by atoms with Gasteiger partial charge in [-0.1, -0.05) is 20.8 Å². The minimum Gasteiger partial charge on any atom is -0.396 e. The molecule has 2 N–H and O–H groups in total. The van der Waals surface area contributed by atoms with Crippen LogP contribution in [-0.2, 0) is 0 Å². The van der Waals surface area contributed by atoms with E-state index in [4.69, 9.17) is 0 Å². The molecule has 1 atom stereocenters. The largest absolute Gasteiger partial charge is 0.396 e. The molecule has 1 rings (SSSR count). The van der Waals surface area contributed by atoms with E-state index in [0.29, 0.717) is 12.1 Å². The molecule has 0 aliphatic rings. The molecule has 0 saturated heterocycles. The number of hydrogen-bond acceptors (Lipinski definition) is 3. The first-order valence-electron chi connectivity index (χ1n) is 7.90. The number of aryl methyl sites for hydroxylation is 1. The van der Waals surface area contributed by atoms with Crippen molar-refractivity contribution in [1.82, 2.24) is 15.1 Å². The van der Waals surface area contributed by atoms with Crippen LogP contribution in [0.15, 0.2) is 6.07 Å². The highest BCUT2D eigenvalue weighted by Gasteiger charge is 2.27. The van der Waals surface area contributed by atoms with E-state index < -0.39 is 0 Å². The summed E-state index contributed by atoms with van der Waals surface area (Å²) in [5, 5.41) is 16.7. The topological polar surface area (TPSA) is 67.2 Å². The maximum atomic E-state index is 12.6. The van der Waals surface area contributed by atoms with Gasteiger partial charge in [0.2, 0.25) is 0 Å². The van der Waals surface area contributed by atoms with E-state index in [-0.39, 0.29) is 24.1 Å². The molecule has 0 spiro atoms. The molecule has 0 fully saturated rings. The summed E-state index contributed by atoms with van der Waals surface area (Å²) >= 11 is 0. The number of nitrogens with zero attached hydrogens (tertiary/aromatic N) is 2. The Bertz CT molecular complexity index is 466. The quantitative estimate of drug-likeness (QED) is 0.775. The number of hydrogen-bond donors (Lipinski definition) is 2. The predicted octanol–water partition coefficient (Wildman–Crippen LogP) is 2.83. The van der Waals surface area contributed by atoms with E-state index in [9.17, 15) is 9.90 Å². The fraction of sp³-hybridized carbons (Fsp3) is 0.750. The van der Waals surface area contributed by atoms with E-state index in [2.05, 4.69) is 24.3 Å². The third-order valence-electron chi connectivity index (χ3n) is 4.24. The fourth-order valence-corrected chi connectivity index (χ4v) is 2.51. The molecule has 1 aromatic heterocycles. The number of amides is 1. The lowest BCUT2D eigenvalue weighted by Crippen LogP contribution is -2.46. The highest BCUT2D eigenvalue weighted by molar-refractivity contribution is 5.93. The molecule has 0 radical (unpaired) electrons. The average molecular weight is 295 g/mol. The zero-order valence-corrected chi connectivity index (χ0v) is 13.9. The number of aliphatic hydroxyl groups excluding tert-OH is 1. The van der Waals surface area contributed by atoms with Crippen molar-refractivity contribution in [2.45, 2.75) is 71.9 Å². The van der Waals surface area contributed by atoms with Crippen LogP contribution in [0, 0.1) is 6.92 Å². The van der Waals surface area contributed by atoms with Crippen LogP contribution < -0.4 is 5.32 Å². The van der Waals surface area contributed by atoms with Gasteiger partial charge in [0.15, 0.2) is 0 Å². The summed E-state index contributed by atoms with van der Waals surface area (Å²) in [5.74, 6) is -0.111. The Morgan fingerprint density at radius 2 is 2.05 bits per heavy atom. The summed E-state index contributed by atoms with van der Waals surface area (Å²) in [5.41, 5.74) is 1.08. The summed E-state index contributed by atoms with van der Waals surface area (Å²) in [6, 6.07) is 2.08. The first-order chi connectivity index (χ1) is 9.90. The first kappa shape index (κ1) is 17.7. The number of carbonyl (C=O) groups excluding carboxylic acids is 1. The zero-order chi connectivity index (χ0) is 16.0. The second-order valence-corrected chi connectivity index (χ2v) is 5.93. The van der Waals surface area contributed by atoms with Gasteiger partial charge in [0, 0.05) is 12.1 Å². The van der Waals surface area contributed by atoms with Crippen molar-refractivity contribution in [2.24, 2.45) is 0 Å². The number of carbonyl (C=O) groups is 1. The maximum absolute atomic E-state index is 12.6. The molecule has 0 aliphatic carbocycles. The Labute approximate surface area is 127 Å².